The van der Waals surface area contributed by atoms with Gasteiger partial charge in [0.05, 0.1) is 27.9 Å². The highest BCUT2D eigenvalue weighted by Crippen LogP contribution is 2.36. The standard InChI is InChI=1S/C13H18O6/c1-16-7-8-5-9(11(14)13(15)19-4)12(18-3)10(6-8)17-2/h5-6,11,14H,7H2,1-4H3. The van der Waals surface area contributed by atoms with Gasteiger partial charge in [-0.25, -0.2) is 4.79 Å². The lowest BCUT2D eigenvalue weighted by Gasteiger charge is -2.17. The molecule has 0 aliphatic heterocycles. The summed E-state index contributed by atoms with van der Waals surface area (Å²) in [5, 5.41) is 9.96. The maximum Gasteiger partial charge on any atom is 0.339 e. The minimum absolute atomic E-state index is 0.278. The van der Waals surface area contributed by atoms with E-state index in [0.717, 1.165) is 5.56 Å². The van der Waals surface area contributed by atoms with E-state index in [4.69, 9.17) is 14.2 Å². The zero-order chi connectivity index (χ0) is 14.4. The van der Waals surface area contributed by atoms with Gasteiger partial charge < -0.3 is 24.1 Å². The fourth-order valence-corrected chi connectivity index (χ4v) is 1.74. The summed E-state index contributed by atoms with van der Waals surface area (Å²) >= 11 is 0. The minimum Gasteiger partial charge on any atom is -0.493 e. The predicted octanol–water partition coefficient (Wildman–Crippen LogP) is 1.06. The van der Waals surface area contributed by atoms with Gasteiger partial charge in [-0.05, 0) is 17.7 Å². The van der Waals surface area contributed by atoms with Crippen molar-refractivity contribution in [3.05, 3.63) is 23.3 Å². The van der Waals surface area contributed by atoms with E-state index in [9.17, 15) is 9.90 Å². The van der Waals surface area contributed by atoms with Crippen LogP contribution < -0.4 is 9.47 Å². The summed E-state index contributed by atoms with van der Waals surface area (Å²) in [5.41, 5.74) is 1.03. The van der Waals surface area contributed by atoms with Crippen LogP contribution in [0.25, 0.3) is 0 Å². The van der Waals surface area contributed by atoms with E-state index in [1.54, 1.807) is 19.2 Å². The Morgan fingerprint density at radius 1 is 1.21 bits per heavy atom. The van der Waals surface area contributed by atoms with Crippen molar-refractivity contribution < 1.29 is 28.8 Å². The van der Waals surface area contributed by atoms with E-state index in [0.29, 0.717) is 18.1 Å². The van der Waals surface area contributed by atoms with Gasteiger partial charge in [0.2, 0.25) is 0 Å². The fraction of sp³-hybridized carbons (Fsp3) is 0.462. The van der Waals surface area contributed by atoms with Crippen LogP contribution in [0.5, 0.6) is 11.5 Å². The molecule has 0 spiro atoms. The lowest BCUT2D eigenvalue weighted by molar-refractivity contribution is -0.150. The second kappa shape index (κ2) is 6.96. The summed E-state index contributed by atoms with van der Waals surface area (Å²) in [6.45, 7) is 0.321. The number of aliphatic hydroxyl groups is 1. The van der Waals surface area contributed by atoms with Gasteiger partial charge in [-0.1, -0.05) is 0 Å². The number of aliphatic hydroxyl groups excluding tert-OH is 1. The van der Waals surface area contributed by atoms with Crippen LogP contribution in [0.2, 0.25) is 0 Å². The number of hydrogen-bond acceptors (Lipinski definition) is 6. The summed E-state index contributed by atoms with van der Waals surface area (Å²) in [4.78, 5) is 11.4. The molecule has 0 radical (unpaired) electrons. The molecule has 1 atom stereocenters. The summed E-state index contributed by atoms with van der Waals surface area (Å²) in [6, 6.07) is 3.34. The van der Waals surface area contributed by atoms with Gasteiger partial charge in [0, 0.05) is 12.7 Å². The van der Waals surface area contributed by atoms with Crippen molar-refractivity contribution in [1.82, 2.24) is 0 Å². The Morgan fingerprint density at radius 3 is 2.37 bits per heavy atom. The molecule has 0 aliphatic carbocycles. The number of benzene rings is 1. The molecule has 0 saturated carbocycles. The molecule has 19 heavy (non-hydrogen) atoms. The van der Waals surface area contributed by atoms with Crippen molar-refractivity contribution >= 4 is 5.97 Å². The minimum atomic E-state index is -1.44. The number of carbonyl (C=O) groups excluding carboxylic acids is 1. The van der Waals surface area contributed by atoms with Crippen molar-refractivity contribution in [3.8, 4) is 11.5 Å². The first kappa shape index (κ1) is 15.3. The van der Waals surface area contributed by atoms with Gasteiger partial charge in [-0.15, -0.1) is 0 Å². The van der Waals surface area contributed by atoms with Gasteiger partial charge in [0.15, 0.2) is 17.6 Å². The third-order valence-electron chi connectivity index (χ3n) is 2.60. The Hall–Kier alpha value is -1.79. The molecule has 0 bridgehead atoms. The Bertz CT molecular complexity index is 443. The number of hydrogen-bond donors (Lipinski definition) is 1. The zero-order valence-electron chi connectivity index (χ0n) is 11.4. The topological polar surface area (TPSA) is 74.2 Å². The van der Waals surface area contributed by atoms with E-state index in [1.807, 2.05) is 0 Å². The molecule has 0 aromatic heterocycles. The Labute approximate surface area is 111 Å². The summed E-state index contributed by atoms with van der Waals surface area (Å²) in [5.74, 6) is -0.0647. The van der Waals surface area contributed by atoms with Crippen LogP contribution >= 0.6 is 0 Å². The molecule has 0 amide bonds. The lowest BCUT2D eigenvalue weighted by atomic mass is 10.0. The maximum absolute atomic E-state index is 11.4. The first-order valence-corrected chi connectivity index (χ1v) is 5.58. The quantitative estimate of drug-likeness (QED) is 0.779. The molecule has 0 aliphatic rings. The Balaban J connectivity index is 3.32. The maximum atomic E-state index is 11.4. The van der Waals surface area contributed by atoms with Crippen LogP contribution in [0.15, 0.2) is 12.1 Å². The van der Waals surface area contributed by atoms with Gasteiger partial charge in [-0.2, -0.15) is 0 Å². The normalized spacial score (nSPS) is 11.8. The number of esters is 1. The first-order chi connectivity index (χ1) is 9.08. The van der Waals surface area contributed by atoms with E-state index >= 15 is 0 Å². The van der Waals surface area contributed by atoms with Crippen molar-refractivity contribution in [2.45, 2.75) is 12.7 Å². The van der Waals surface area contributed by atoms with E-state index in [-0.39, 0.29) is 5.56 Å². The van der Waals surface area contributed by atoms with Crippen molar-refractivity contribution in [2.24, 2.45) is 0 Å². The van der Waals surface area contributed by atoms with Crippen LogP contribution in [0.1, 0.15) is 17.2 Å². The van der Waals surface area contributed by atoms with Crippen LogP contribution in [0, 0.1) is 0 Å². The van der Waals surface area contributed by atoms with Crippen molar-refractivity contribution in [2.75, 3.05) is 28.4 Å². The highest BCUT2D eigenvalue weighted by Gasteiger charge is 2.25. The highest BCUT2D eigenvalue weighted by molar-refractivity contribution is 5.78. The third kappa shape index (κ3) is 3.36. The Morgan fingerprint density at radius 2 is 1.89 bits per heavy atom. The van der Waals surface area contributed by atoms with Crippen LogP contribution in [-0.4, -0.2) is 39.5 Å². The molecule has 0 saturated heterocycles. The summed E-state index contributed by atoms with van der Waals surface area (Å²) in [7, 11) is 5.66. The molecule has 1 aromatic rings. The highest BCUT2D eigenvalue weighted by atomic mass is 16.5. The van der Waals surface area contributed by atoms with E-state index in [1.165, 1.54) is 21.3 Å². The van der Waals surface area contributed by atoms with Crippen LogP contribution in [0.3, 0.4) is 0 Å². The molecular formula is C13H18O6. The van der Waals surface area contributed by atoms with Gasteiger partial charge >= 0.3 is 5.97 Å². The average Bonchev–Trinajstić information content (AvgIpc) is 2.44. The molecule has 6 heteroatoms. The number of ether oxygens (including phenoxy) is 4. The second-order valence-electron chi connectivity index (χ2n) is 3.78. The van der Waals surface area contributed by atoms with Gasteiger partial charge in [-0.3, -0.25) is 0 Å². The summed E-state index contributed by atoms with van der Waals surface area (Å²) < 4.78 is 19.9. The van der Waals surface area contributed by atoms with Crippen LogP contribution in [0.4, 0.5) is 0 Å². The molecular weight excluding hydrogens is 252 g/mol. The van der Waals surface area contributed by atoms with Crippen molar-refractivity contribution in [3.63, 3.8) is 0 Å². The molecule has 1 unspecified atom stereocenters. The molecule has 1 rings (SSSR count). The second-order valence-corrected chi connectivity index (χ2v) is 3.78. The van der Waals surface area contributed by atoms with E-state index < -0.39 is 12.1 Å². The largest absolute Gasteiger partial charge is 0.493 e. The fourth-order valence-electron chi connectivity index (χ4n) is 1.74. The molecule has 106 valence electrons. The molecule has 6 nitrogen and oxygen atoms in total. The molecule has 0 fully saturated rings. The van der Waals surface area contributed by atoms with Gasteiger partial charge in [0.1, 0.15) is 0 Å². The van der Waals surface area contributed by atoms with Gasteiger partial charge in [0.25, 0.3) is 0 Å². The smallest absolute Gasteiger partial charge is 0.339 e. The molecule has 1 aromatic carbocycles. The monoisotopic (exact) mass is 270 g/mol. The summed E-state index contributed by atoms with van der Waals surface area (Å²) in [6.07, 6.45) is -1.44. The Kier molecular flexibility index (Phi) is 5.59. The zero-order valence-corrected chi connectivity index (χ0v) is 11.4. The van der Waals surface area contributed by atoms with E-state index in [2.05, 4.69) is 4.74 Å². The SMILES string of the molecule is COCc1cc(OC)c(OC)c(C(O)C(=O)OC)c1. The number of carbonyl (C=O) groups is 1. The van der Waals surface area contributed by atoms with Crippen molar-refractivity contribution in [1.29, 1.82) is 0 Å². The first-order valence-electron chi connectivity index (χ1n) is 5.58. The number of rotatable bonds is 6. The average molecular weight is 270 g/mol. The number of methoxy groups -OCH3 is 4. The third-order valence-corrected chi connectivity index (χ3v) is 2.60. The van der Waals surface area contributed by atoms with Crippen LogP contribution in [-0.2, 0) is 20.9 Å². The lowest BCUT2D eigenvalue weighted by Crippen LogP contribution is -2.15. The predicted molar refractivity (Wildman–Crippen MR) is 67.2 cm³/mol. The molecule has 1 N–H and O–H groups in total. The molecule has 0 heterocycles.